The zero-order valence-corrected chi connectivity index (χ0v) is 2.42. The van der Waals surface area contributed by atoms with Crippen LogP contribution in [0.2, 0.25) is 0 Å². The van der Waals surface area contributed by atoms with Gasteiger partial charge in [0.05, 0.1) is 0 Å². The summed E-state index contributed by atoms with van der Waals surface area (Å²) in [4.78, 5) is 0. The first-order chi connectivity index (χ1) is 2.41. The molecule has 0 amide bonds. The summed E-state index contributed by atoms with van der Waals surface area (Å²) in [5.41, 5.74) is 0. The standard InChI is InChI=1S/CH2N4/c2-1-4-5-3/h(H2,3,4). The van der Waals surface area contributed by atoms with Crippen molar-refractivity contribution in [2.45, 2.75) is 0 Å². The van der Waals surface area contributed by atoms with Gasteiger partial charge in [-0.2, -0.15) is 5.26 Å². The Morgan fingerprint density at radius 1 is 1.80 bits per heavy atom. The molecule has 0 rings (SSSR count). The van der Waals surface area contributed by atoms with Gasteiger partial charge in [0.1, 0.15) is 0 Å². The molecule has 4 heteroatoms. The molecule has 2 N–H and O–H groups in total. The summed E-state index contributed by atoms with van der Waals surface area (Å²) in [6, 6.07) is 0. The lowest BCUT2D eigenvalue weighted by atomic mass is 11.5. The molecule has 0 fully saturated rings. The third-order valence-corrected chi connectivity index (χ3v) is 0.102. The van der Waals surface area contributed by atoms with Crippen LogP contribution in [0.5, 0.6) is 0 Å². The summed E-state index contributed by atoms with van der Waals surface area (Å²) in [5, 5.41) is 12.8. The van der Waals surface area contributed by atoms with Gasteiger partial charge in [0, 0.05) is 0 Å². The average Bonchev–Trinajstić information content (AvgIpc) is 1.41. The van der Waals surface area contributed by atoms with Crippen molar-refractivity contribution in [1.29, 1.82) is 5.26 Å². The predicted molar refractivity (Wildman–Crippen MR) is 14.7 cm³/mol. The highest BCUT2D eigenvalue weighted by Crippen LogP contribution is 1.51. The first kappa shape index (κ1) is 3.89. The van der Waals surface area contributed by atoms with E-state index in [0.717, 1.165) is 0 Å². The quantitative estimate of drug-likeness (QED) is 0.185. The van der Waals surface area contributed by atoms with E-state index >= 15 is 0 Å². The summed E-state index contributed by atoms with van der Waals surface area (Å²) in [5.74, 6) is 4.37. The molecule has 0 aliphatic heterocycles. The van der Waals surface area contributed by atoms with Gasteiger partial charge in [-0.25, -0.2) is 0 Å². The zero-order valence-electron chi connectivity index (χ0n) is 2.42. The normalized spacial score (nSPS) is 7.80. The van der Waals surface area contributed by atoms with E-state index in [2.05, 4.69) is 16.2 Å². The van der Waals surface area contributed by atoms with Crippen molar-refractivity contribution in [3.8, 4) is 6.19 Å². The Morgan fingerprint density at radius 2 is 2.40 bits per heavy atom. The number of nitriles is 1. The van der Waals surface area contributed by atoms with Crippen molar-refractivity contribution in [2.75, 3.05) is 0 Å². The Labute approximate surface area is 28.9 Å². The second-order valence-corrected chi connectivity index (χ2v) is 0.315. The van der Waals surface area contributed by atoms with Gasteiger partial charge < -0.3 is 5.84 Å². The number of nitrogens with two attached hydrogens (primary N) is 1. The van der Waals surface area contributed by atoms with Crippen LogP contribution >= 0.6 is 0 Å². The SMILES string of the molecule is N#CN=NN. The van der Waals surface area contributed by atoms with Crippen molar-refractivity contribution in [3.05, 3.63) is 0 Å². The minimum absolute atomic E-state index is 1.35. The number of nitrogens with zero attached hydrogens (tertiary/aromatic N) is 3. The minimum atomic E-state index is 1.35. The smallest absolute Gasteiger partial charge is 0.227 e. The van der Waals surface area contributed by atoms with Gasteiger partial charge in [-0.05, 0) is 0 Å². The largest absolute Gasteiger partial charge is 0.304 e. The maximum absolute atomic E-state index is 7.48. The average molecular weight is 70.1 g/mol. The molecule has 0 aliphatic carbocycles. The van der Waals surface area contributed by atoms with Crippen molar-refractivity contribution in [2.24, 2.45) is 16.2 Å². The molecule has 0 radical (unpaired) electrons. The van der Waals surface area contributed by atoms with Crippen LogP contribution in [0.1, 0.15) is 0 Å². The Bertz CT molecular complexity index is 66.2. The summed E-state index contributed by atoms with van der Waals surface area (Å²) < 4.78 is 0. The summed E-state index contributed by atoms with van der Waals surface area (Å²) in [6.07, 6.45) is 1.35. The summed E-state index contributed by atoms with van der Waals surface area (Å²) in [7, 11) is 0. The fraction of sp³-hybridized carbons (Fsp3) is 0. The fourth-order valence-electron chi connectivity index (χ4n) is 0.0258. The molecule has 0 aromatic heterocycles. The number of hydrogen-bond donors (Lipinski definition) is 1. The monoisotopic (exact) mass is 70.0 g/mol. The van der Waals surface area contributed by atoms with Crippen LogP contribution in [0.3, 0.4) is 0 Å². The van der Waals surface area contributed by atoms with Crippen LogP contribution in [0.4, 0.5) is 0 Å². The van der Waals surface area contributed by atoms with E-state index < -0.39 is 0 Å². The van der Waals surface area contributed by atoms with E-state index in [0.29, 0.717) is 0 Å². The van der Waals surface area contributed by atoms with Crippen molar-refractivity contribution in [3.63, 3.8) is 0 Å². The summed E-state index contributed by atoms with van der Waals surface area (Å²) >= 11 is 0. The third-order valence-electron chi connectivity index (χ3n) is 0.102. The van der Waals surface area contributed by atoms with E-state index in [-0.39, 0.29) is 0 Å². The lowest BCUT2D eigenvalue weighted by Crippen LogP contribution is -1.70. The first-order valence-electron chi connectivity index (χ1n) is 0.905. The molecule has 0 bridgehead atoms. The van der Waals surface area contributed by atoms with Crippen molar-refractivity contribution in [1.82, 2.24) is 0 Å². The Balaban J connectivity index is 3.04. The molecular formula is CH2N4. The lowest BCUT2D eigenvalue weighted by molar-refractivity contribution is 1.06. The molecular weight excluding hydrogens is 68.0 g/mol. The van der Waals surface area contributed by atoms with E-state index in [1.807, 2.05) is 0 Å². The molecule has 0 spiro atoms. The fourth-order valence-corrected chi connectivity index (χ4v) is 0.0258. The van der Waals surface area contributed by atoms with Crippen LogP contribution in [0.15, 0.2) is 10.3 Å². The molecule has 0 saturated carbocycles. The molecule has 0 aromatic carbocycles. The highest BCUT2D eigenvalue weighted by Gasteiger charge is 1.46. The van der Waals surface area contributed by atoms with Gasteiger partial charge in [0.15, 0.2) is 0 Å². The van der Waals surface area contributed by atoms with Crippen LogP contribution in [-0.2, 0) is 0 Å². The molecule has 0 aliphatic rings. The maximum atomic E-state index is 7.48. The minimum Gasteiger partial charge on any atom is -0.304 e. The Hall–Kier alpha value is -1.11. The Kier molecular flexibility index (Phi) is 2.25. The zero-order chi connectivity index (χ0) is 4.12. The van der Waals surface area contributed by atoms with Crippen LogP contribution < -0.4 is 5.84 Å². The highest BCUT2D eigenvalue weighted by molar-refractivity contribution is 4.55. The van der Waals surface area contributed by atoms with Crippen molar-refractivity contribution < 1.29 is 0 Å². The molecule has 0 atom stereocenters. The second-order valence-electron chi connectivity index (χ2n) is 0.315. The molecule has 0 unspecified atom stereocenters. The number of hydrogen-bond acceptors (Lipinski definition) is 3. The predicted octanol–water partition coefficient (Wildman–Crippen LogP) is -0.207. The van der Waals surface area contributed by atoms with E-state index in [4.69, 9.17) is 5.26 Å². The van der Waals surface area contributed by atoms with E-state index in [9.17, 15) is 0 Å². The third kappa shape index (κ3) is 2.89. The molecule has 0 heterocycles. The van der Waals surface area contributed by atoms with Gasteiger partial charge in [-0.3, -0.25) is 0 Å². The maximum Gasteiger partial charge on any atom is 0.227 e. The van der Waals surface area contributed by atoms with Crippen LogP contribution in [0, 0.1) is 11.5 Å². The van der Waals surface area contributed by atoms with Crippen LogP contribution in [0.25, 0.3) is 0 Å². The van der Waals surface area contributed by atoms with Gasteiger partial charge in [-0.1, -0.05) is 10.3 Å². The van der Waals surface area contributed by atoms with Crippen LogP contribution in [-0.4, -0.2) is 0 Å². The van der Waals surface area contributed by atoms with E-state index in [1.165, 1.54) is 6.19 Å². The Morgan fingerprint density at radius 3 is 2.40 bits per heavy atom. The van der Waals surface area contributed by atoms with Gasteiger partial charge in [-0.15, -0.1) is 0 Å². The second kappa shape index (κ2) is 2.89. The summed E-state index contributed by atoms with van der Waals surface area (Å²) in [6.45, 7) is 0. The molecule has 26 valence electrons. The van der Waals surface area contributed by atoms with Gasteiger partial charge in [0.25, 0.3) is 0 Å². The van der Waals surface area contributed by atoms with Gasteiger partial charge >= 0.3 is 0 Å². The highest BCUT2D eigenvalue weighted by atomic mass is 15.3. The molecule has 0 aromatic rings. The molecule has 4 nitrogen and oxygen atoms in total. The van der Waals surface area contributed by atoms with E-state index in [1.54, 1.807) is 0 Å². The molecule has 5 heavy (non-hydrogen) atoms. The number of rotatable bonds is 0. The van der Waals surface area contributed by atoms with Gasteiger partial charge in [0.2, 0.25) is 6.19 Å². The molecule has 0 saturated heterocycles. The topological polar surface area (TPSA) is 74.5 Å². The lowest BCUT2D eigenvalue weighted by Gasteiger charge is -1.52. The first-order valence-corrected chi connectivity index (χ1v) is 0.905. The van der Waals surface area contributed by atoms with Crippen molar-refractivity contribution >= 4 is 0 Å².